The normalized spacial score (nSPS) is 10.2. The van der Waals surface area contributed by atoms with E-state index < -0.39 is 11.9 Å². The molecule has 6 heteroatoms. The molecule has 0 radical (unpaired) electrons. The van der Waals surface area contributed by atoms with Crippen molar-refractivity contribution in [1.82, 2.24) is 0 Å². The van der Waals surface area contributed by atoms with Crippen LogP contribution < -0.4 is 0 Å². The molecule has 0 bridgehead atoms. The Hall–Kier alpha value is -0.360. The Morgan fingerprint density at radius 3 is 1.75 bits per heavy atom. The van der Waals surface area contributed by atoms with Gasteiger partial charge < -0.3 is 10.2 Å². The average molecular weight is 210 g/mol. The smallest absolute Gasteiger partial charge is 0.313 e. The highest BCUT2D eigenvalue weighted by atomic mass is 32.2. The summed E-state index contributed by atoms with van der Waals surface area (Å²) >= 11 is 2.45. The van der Waals surface area contributed by atoms with Gasteiger partial charge in [-0.25, -0.2) is 0 Å². The first-order valence-electron chi connectivity index (χ1n) is 3.19. The highest BCUT2D eigenvalue weighted by Crippen LogP contribution is 2.22. The molecule has 70 valence electrons. The fraction of sp³-hybridized carbons (Fsp3) is 0.667. The molecule has 0 aliphatic heterocycles. The fourth-order valence-corrected chi connectivity index (χ4v) is 1.97. The van der Waals surface area contributed by atoms with Gasteiger partial charge in [0.2, 0.25) is 0 Å². The summed E-state index contributed by atoms with van der Waals surface area (Å²) in [6.07, 6.45) is 0. The van der Waals surface area contributed by atoms with Gasteiger partial charge in [-0.05, 0) is 6.92 Å². The van der Waals surface area contributed by atoms with Crippen molar-refractivity contribution in [3.05, 3.63) is 0 Å². The molecule has 0 aromatic rings. The van der Waals surface area contributed by atoms with Crippen molar-refractivity contribution in [2.45, 2.75) is 11.5 Å². The van der Waals surface area contributed by atoms with Crippen LogP contribution in [0.25, 0.3) is 0 Å². The summed E-state index contributed by atoms with van der Waals surface area (Å²) in [5.41, 5.74) is 0. The van der Waals surface area contributed by atoms with Crippen LogP contribution in [0.1, 0.15) is 6.92 Å². The van der Waals surface area contributed by atoms with Crippen LogP contribution in [0.5, 0.6) is 0 Å². The van der Waals surface area contributed by atoms with E-state index in [0.717, 1.165) is 0 Å². The fourth-order valence-electron chi connectivity index (χ4n) is 0.425. The summed E-state index contributed by atoms with van der Waals surface area (Å²) in [4.78, 5) is 20.2. The van der Waals surface area contributed by atoms with Gasteiger partial charge in [-0.15, -0.1) is 23.5 Å². The van der Waals surface area contributed by atoms with Crippen LogP contribution in [0, 0.1) is 0 Å². The standard InChI is InChI=1S/C6H10O4S2/c1-4(11-2-5(7)8)12-3-6(9)10/h4H,2-3H2,1H3,(H,7,8)(H,9,10). The monoisotopic (exact) mass is 210 g/mol. The van der Waals surface area contributed by atoms with Gasteiger partial charge in [-0.3, -0.25) is 9.59 Å². The molecule has 2 N–H and O–H groups in total. The topological polar surface area (TPSA) is 74.6 Å². The van der Waals surface area contributed by atoms with Crippen molar-refractivity contribution in [3.63, 3.8) is 0 Å². The molecule has 0 aromatic carbocycles. The number of aliphatic carboxylic acids is 2. The van der Waals surface area contributed by atoms with E-state index in [1.165, 1.54) is 23.5 Å². The Morgan fingerprint density at radius 2 is 1.50 bits per heavy atom. The first kappa shape index (κ1) is 11.6. The lowest BCUT2D eigenvalue weighted by Gasteiger charge is -2.06. The molecule has 0 atom stereocenters. The van der Waals surface area contributed by atoms with Crippen molar-refractivity contribution in [2.24, 2.45) is 0 Å². The van der Waals surface area contributed by atoms with E-state index in [1.807, 2.05) is 0 Å². The Bertz CT molecular complexity index is 153. The van der Waals surface area contributed by atoms with Crippen molar-refractivity contribution < 1.29 is 19.8 Å². The first-order chi connectivity index (χ1) is 5.52. The van der Waals surface area contributed by atoms with Crippen LogP contribution in [0.15, 0.2) is 0 Å². The highest BCUT2D eigenvalue weighted by molar-refractivity contribution is 8.17. The molecule has 0 rings (SSSR count). The van der Waals surface area contributed by atoms with Crippen LogP contribution >= 0.6 is 23.5 Å². The second kappa shape index (κ2) is 6.19. The number of carboxylic acid groups (broad SMARTS) is 2. The maximum absolute atomic E-state index is 10.1. The molecule has 0 saturated carbocycles. The van der Waals surface area contributed by atoms with Gasteiger partial charge in [0.15, 0.2) is 0 Å². The zero-order valence-corrected chi connectivity index (χ0v) is 8.15. The van der Waals surface area contributed by atoms with Gasteiger partial charge in [0.25, 0.3) is 0 Å². The Morgan fingerprint density at radius 1 is 1.17 bits per heavy atom. The number of carbonyl (C=O) groups is 2. The molecule has 4 nitrogen and oxygen atoms in total. The van der Waals surface area contributed by atoms with E-state index in [2.05, 4.69) is 0 Å². The number of hydrogen-bond donors (Lipinski definition) is 2. The molecular formula is C6H10O4S2. The second-order valence-electron chi connectivity index (χ2n) is 1.98. The molecule has 0 aromatic heterocycles. The molecule has 0 aliphatic rings. The summed E-state index contributed by atoms with van der Waals surface area (Å²) in [5.74, 6) is -1.70. The lowest BCUT2D eigenvalue weighted by atomic mass is 10.8. The molecule has 0 heterocycles. The van der Waals surface area contributed by atoms with Gasteiger partial charge in [0.05, 0.1) is 11.5 Å². The number of hydrogen-bond acceptors (Lipinski definition) is 4. The SMILES string of the molecule is CC(SCC(=O)O)SCC(=O)O. The zero-order valence-electron chi connectivity index (χ0n) is 6.52. The van der Waals surface area contributed by atoms with Crippen molar-refractivity contribution in [3.8, 4) is 0 Å². The molecule has 0 aliphatic carbocycles. The molecule has 12 heavy (non-hydrogen) atoms. The quantitative estimate of drug-likeness (QED) is 0.636. The van der Waals surface area contributed by atoms with Gasteiger partial charge in [0.1, 0.15) is 0 Å². The summed E-state index contributed by atoms with van der Waals surface area (Å²) in [5, 5.41) is 16.6. The third kappa shape index (κ3) is 7.74. The molecule has 0 amide bonds. The lowest BCUT2D eigenvalue weighted by Crippen LogP contribution is -2.05. The van der Waals surface area contributed by atoms with E-state index in [9.17, 15) is 9.59 Å². The van der Waals surface area contributed by atoms with Crippen LogP contribution in [0.2, 0.25) is 0 Å². The first-order valence-corrected chi connectivity index (χ1v) is 5.29. The average Bonchev–Trinajstić information content (AvgIpc) is 1.96. The van der Waals surface area contributed by atoms with Crippen LogP contribution in [0.3, 0.4) is 0 Å². The molecular weight excluding hydrogens is 200 g/mol. The summed E-state index contributed by atoms with van der Waals surface area (Å²) in [6.45, 7) is 1.79. The zero-order chi connectivity index (χ0) is 9.56. The predicted octanol–water partition coefficient (Wildman–Crippen LogP) is 0.968. The largest absolute Gasteiger partial charge is 0.481 e. The minimum absolute atomic E-state index is 0.0113. The Balaban J connectivity index is 3.39. The summed E-state index contributed by atoms with van der Waals surface area (Å²) in [7, 11) is 0. The van der Waals surface area contributed by atoms with E-state index in [0.29, 0.717) is 0 Å². The third-order valence-electron chi connectivity index (χ3n) is 0.883. The third-order valence-corrected chi connectivity index (χ3v) is 3.47. The number of rotatable bonds is 6. The predicted molar refractivity (Wildman–Crippen MR) is 49.6 cm³/mol. The van der Waals surface area contributed by atoms with Crippen molar-refractivity contribution >= 4 is 35.5 Å². The number of thioether (sulfide) groups is 2. The van der Waals surface area contributed by atoms with Crippen LogP contribution in [-0.4, -0.2) is 38.2 Å². The minimum Gasteiger partial charge on any atom is -0.481 e. The highest BCUT2D eigenvalue weighted by Gasteiger charge is 2.07. The Kier molecular flexibility index (Phi) is 6.00. The van der Waals surface area contributed by atoms with Crippen molar-refractivity contribution in [2.75, 3.05) is 11.5 Å². The van der Waals surface area contributed by atoms with Gasteiger partial charge in [-0.2, -0.15) is 0 Å². The van der Waals surface area contributed by atoms with E-state index in [-0.39, 0.29) is 16.1 Å². The van der Waals surface area contributed by atoms with E-state index in [1.54, 1.807) is 6.92 Å². The summed E-state index contributed by atoms with van der Waals surface area (Å²) in [6, 6.07) is 0. The molecule has 0 unspecified atom stereocenters. The summed E-state index contributed by atoms with van der Waals surface area (Å²) < 4.78 is 0.0113. The van der Waals surface area contributed by atoms with E-state index in [4.69, 9.17) is 10.2 Å². The minimum atomic E-state index is -0.872. The molecule has 0 fully saturated rings. The molecule has 0 spiro atoms. The Labute approximate surface area is 78.7 Å². The van der Waals surface area contributed by atoms with Gasteiger partial charge in [0, 0.05) is 4.58 Å². The van der Waals surface area contributed by atoms with Crippen molar-refractivity contribution in [1.29, 1.82) is 0 Å². The lowest BCUT2D eigenvalue weighted by molar-refractivity contribution is -0.134. The van der Waals surface area contributed by atoms with Crippen LogP contribution in [0.4, 0.5) is 0 Å². The van der Waals surface area contributed by atoms with Crippen LogP contribution in [-0.2, 0) is 9.59 Å². The number of carboxylic acids is 2. The van der Waals surface area contributed by atoms with Gasteiger partial charge in [-0.1, -0.05) is 0 Å². The second-order valence-corrected chi connectivity index (χ2v) is 4.93. The maximum Gasteiger partial charge on any atom is 0.313 e. The van der Waals surface area contributed by atoms with Gasteiger partial charge >= 0.3 is 11.9 Å². The molecule has 0 saturated heterocycles. The van der Waals surface area contributed by atoms with E-state index >= 15 is 0 Å². The maximum atomic E-state index is 10.1.